The highest BCUT2D eigenvalue weighted by Crippen LogP contribution is 2.17. The first-order chi connectivity index (χ1) is 10.7. The van der Waals surface area contributed by atoms with Crippen molar-refractivity contribution < 1.29 is 14.6 Å². The van der Waals surface area contributed by atoms with E-state index in [4.69, 9.17) is 9.47 Å². The lowest BCUT2D eigenvalue weighted by Gasteiger charge is -2.33. The topological polar surface area (TPSA) is 50.7 Å². The molecule has 124 valence electrons. The van der Waals surface area contributed by atoms with E-state index in [-0.39, 0.29) is 12.0 Å². The molecule has 1 aromatic carbocycles. The first-order valence-electron chi connectivity index (χ1n) is 8.31. The molecule has 0 saturated carbocycles. The van der Waals surface area contributed by atoms with Crippen LogP contribution in [-0.4, -0.2) is 44.2 Å². The van der Waals surface area contributed by atoms with Crippen molar-refractivity contribution >= 4 is 0 Å². The predicted molar refractivity (Wildman–Crippen MR) is 87.9 cm³/mol. The molecular formula is C18H29NO3. The van der Waals surface area contributed by atoms with Crippen molar-refractivity contribution in [3.05, 3.63) is 35.4 Å². The van der Waals surface area contributed by atoms with E-state index >= 15 is 0 Å². The van der Waals surface area contributed by atoms with E-state index in [1.165, 1.54) is 24.0 Å². The maximum absolute atomic E-state index is 10.2. The van der Waals surface area contributed by atoms with Gasteiger partial charge in [0.2, 0.25) is 0 Å². The fraction of sp³-hybridized carbons (Fsp3) is 0.667. The van der Waals surface area contributed by atoms with Crippen molar-refractivity contribution in [2.45, 2.75) is 44.9 Å². The molecule has 0 amide bonds. The minimum Gasteiger partial charge on any atom is -0.390 e. The van der Waals surface area contributed by atoms with E-state index in [1.807, 2.05) is 0 Å². The normalized spacial score (nSPS) is 25.3. The van der Waals surface area contributed by atoms with E-state index in [0.717, 1.165) is 19.5 Å². The number of methoxy groups -OCH3 is 1. The monoisotopic (exact) mass is 307 g/mol. The van der Waals surface area contributed by atoms with Gasteiger partial charge in [-0.3, -0.25) is 0 Å². The number of hydrogen-bond acceptors (Lipinski definition) is 4. The van der Waals surface area contributed by atoms with Crippen LogP contribution in [0.5, 0.6) is 0 Å². The number of aryl methyl sites for hydroxylation is 1. The molecule has 3 atom stereocenters. The van der Waals surface area contributed by atoms with Gasteiger partial charge >= 0.3 is 0 Å². The number of rotatable bonds is 8. The van der Waals surface area contributed by atoms with Gasteiger partial charge in [-0.15, -0.1) is 0 Å². The summed E-state index contributed by atoms with van der Waals surface area (Å²) in [5, 5.41) is 13.6. The fourth-order valence-corrected chi connectivity index (χ4v) is 2.83. The van der Waals surface area contributed by atoms with Gasteiger partial charge in [0.25, 0.3) is 0 Å². The Morgan fingerprint density at radius 2 is 1.95 bits per heavy atom. The van der Waals surface area contributed by atoms with E-state index in [1.54, 1.807) is 7.11 Å². The quantitative estimate of drug-likeness (QED) is 0.772. The molecule has 1 saturated heterocycles. The van der Waals surface area contributed by atoms with Gasteiger partial charge in [0.05, 0.1) is 19.3 Å². The van der Waals surface area contributed by atoms with Crippen molar-refractivity contribution in [3.63, 3.8) is 0 Å². The summed E-state index contributed by atoms with van der Waals surface area (Å²) in [5.74, 6) is 0.0857. The average molecular weight is 307 g/mol. The molecule has 1 aliphatic heterocycles. The van der Waals surface area contributed by atoms with E-state index in [0.29, 0.717) is 13.2 Å². The maximum atomic E-state index is 10.2. The zero-order valence-electron chi connectivity index (χ0n) is 13.8. The number of hydrogen-bond donors (Lipinski definition) is 2. The number of aliphatic hydroxyl groups excluding tert-OH is 1. The van der Waals surface area contributed by atoms with Gasteiger partial charge in [0.1, 0.15) is 6.10 Å². The van der Waals surface area contributed by atoms with Crippen molar-refractivity contribution in [1.82, 2.24) is 5.32 Å². The summed E-state index contributed by atoms with van der Waals surface area (Å²) in [6.45, 7) is 4.83. The zero-order valence-corrected chi connectivity index (χ0v) is 13.8. The molecule has 2 N–H and O–H groups in total. The Bertz CT molecular complexity index is 421. The molecule has 0 unspecified atom stereocenters. The Labute approximate surface area is 133 Å². The maximum Gasteiger partial charge on any atom is 0.107 e. The van der Waals surface area contributed by atoms with Crippen LogP contribution >= 0.6 is 0 Å². The van der Waals surface area contributed by atoms with Crippen LogP contribution in [0.25, 0.3) is 0 Å². The van der Waals surface area contributed by atoms with Crippen molar-refractivity contribution in [2.24, 2.45) is 5.92 Å². The lowest BCUT2D eigenvalue weighted by Crippen LogP contribution is -2.48. The molecule has 0 bridgehead atoms. The van der Waals surface area contributed by atoms with Crippen LogP contribution in [0.2, 0.25) is 0 Å². The molecule has 1 aliphatic rings. The summed E-state index contributed by atoms with van der Waals surface area (Å²) in [4.78, 5) is 0. The second-order valence-corrected chi connectivity index (χ2v) is 6.11. The van der Waals surface area contributed by atoms with E-state index in [2.05, 4.69) is 36.5 Å². The summed E-state index contributed by atoms with van der Waals surface area (Å²) in [6.07, 6.45) is 2.98. The molecule has 4 nitrogen and oxygen atoms in total. The van der Waals surface area contributed by atoms with Crippen LogP contribution in [0.4, 0.5) is 0 Å². The summed E-state index contributed by atoms with van der Waals surface area (Å²) in [6, 6.07) is 8.80. The predicted octanol–water partition coefficient (Wildman–Crippen LogP) is 2.14. The molecule has 1 heterocycles. The van der Waals surface area contributed by atoms with Crippen molar-refractivity contribution in [1.29, 1.82) is 0 Å². The molecule has 0 radical (unpaired) electrons. The first kappa shape index (κ1) is 17.4. The summed E-state index contributed by atoms with van der Waals surface area (Å²) in [7, 11) is 1.62. The van der Waals surface area contributed by atoms with Gasteiger partial charge in [-0.2, -0.15) is 0 Å². The molecular weight excluding hydrogens is 278 g/mol. The molecule has 4 heteroatoms. The number of nitrogens with one attached hydrogen (secondary N) is 1. The van der Waals surface area contributed by atoms with Crippen LogP contribution < -0.4 is 5.32 Å². The van der Waals surface area contributed by atoms with Gasteiger partial charge in [-0.25, -0.2) is 0 Å². The summed E-state index contributed by atoms with van der Waals surface area (Å²) < 4.78 is 10.7. The van der Waals surface area contributed by atoms with Crippen LogP contribution in [0.1, 0.15) is 30.9 Å². The van der Waals surface area contributed by atoms with Crippen molar-refractivity contribution in [3.8, 4) is 0 Å². The summed E-state index contributed by atoms with van der Waals surface area (Å²) in [5.41, 5.74) is 2.68. The standard InChI is InChI=1S/C18H29NO3/c1-3-4-5-14-6-8-15(9-7-14)10-19-11-16-12-22-13-17(21-2)18(16)20/h6-9,16-20H,3-5,10-13H2,1-2H3/t16-,17-,18+/m1/s1. The van der Waals surface area contributed by atoms with Gasteiger partial charge < -0.3 is 19.9 Å². The highest BCUT2D eigenvalue weighted by molar-refractivity contribution is 5.22. The molecule has 0 spiro atoms. The van der Waals surface area contributed by atoms with Crippen molar-refractivity contribution in [2.75, 3.05) is 26.9 Å². The minimum atomic E-state index is -0.456. The number of ether oxygens (including phenoxy) is 2. The minimum absolute atomic E-state index is 0.0857. The Hall–Kier alpha value is -0.940. The molecule has 2 rings (SSSR count). The van der Waals surface area contributed by atoms with Crippen LogP contribution in [0.15, 0.2) is 24.3 Å². The lowest BCUT2D eigenvalue weighted by molar-refractivity contribution is -0.133. The molecule has 0 aliphatic carbocycles. The smallest absolute Gasteiger partial charge is 0.107 e. The average Bonchev–Trinajstić information content (AvgIpc) is 2.55. The fourth-order valence-electron chi connectivity index (χ4n) is 2.83. The number of unbranched alkanes of at least 4 members (excludes halogenated alkanes) is 1. The van der Waals surface area contributed by atoms with Gasteiger partial charge in [0.15, 0.2) is 0 Å². The molecule has 22 heavy (non-hydrogen) atoms. The van der Waals surface area contributed by atoms with Gasteiger partial charge in [0, 0.05) is 26.1 Å². The van der Waals surface area contributed by atoms with E-state index < -0.39 is 6.10 Å². The lowest BCUT2D eigenvalue weighted by atomic mass is 9.96. The van der Waals surface area contributed by atoms with Crippen LogP contribution in [0, 0.1) is 5.92 Å². The highest BCUT2D eigenvalue weighted by atomic mass is 16.5. The SMILES string of the molecule is CCCCc1ccc(CNC[C@@H]2COC[C@@H](OC)[C@H]2O)cc1. The third kappa shape index (κ3) is 5.06. The zero-order chi connectivity index (χ0) is 15.8. The Morgan fingerprint density at radius 3 is 2.64 bits per heavy atom. The third-order valence-electron chi connectivity index (χ3n) is 4.36. The Kier molecular flexibility index (Phi) is 7.33. The Balaban J connectivity index is 1.73. The first-order valence-corrected chi connectivity index (χ1v) is 8.31. The molecule has 1 aromatic rings. The van der Waals surface area contributed by atoms with Gasteiger partial charge in [-0.1, -0.05) is 37.6 Å². The van der Waals surface area contributed by atoms with E-state index in [9.17, 15) is 5.11 Å². The van der Waals surface area contributed by atoms with Crippen LogP contribution in [0.3, 0.4) is 0 Å². The second-order valence-electron chi connectivity index (χ2n) is 6.11. The number of aliphatic hydroxyl groups is 1. The molecule has 0 aromatic heterocycles. The van der Waals surface area contributed by atoms with Gasteiger partial charge in [-0.05, 0) is 24.0 Å². The van der Waals surface area contributed by atoms with Crippen LogP contribution in [-0.2, 0) is 22.4 Å². The summed E-state index contributed by atoms with van der Waals surface area (Å²) >= 11 is 0. The number of benzene rings is 1. The highest BCUT2D eigenvalue weighted by Gasteiger charge is 2.32. The largest absolute Gasteiger partial charge is 0.390 e. The third-order valence-corrected chi connectivity index (χ3v) is 4.36. The second kappa shape index (κ2) is 9.26. The Morgan fingerprint density at radius 1 is 1.23 bits per heavy atom. The molecule has 1 fully saturated rings.